The number of ether oxygens (including phenoxy) is 1. The number of benzene rings is 1. The summed E-state index contributed by atoms with van der Waals surface area (Å²) in [4.78, 5) is 15.1. The van der Waals surface area contributed by atoms with Gasteiger partial charge in [-0.15, -0.1) is 0 Å². The second kappa shape index (κ2) is 6.36. The highest BCUT2D eigenvalue weighted by molar-refractivity contribution is 9.10. The summed E-state index contributed by atoms with van der Waals surface area (Å²) in [6, 6.07) is 4.61. The molecule has 1 fully saturated rings. The lowest BCUT2D eigenvalue weighted by Gasteiger charge is -2.40. The van der Waals surface area contributed by atoms with Gasteiger partial charge in [-0.3, -0.25) is 4.90 Å². The molecular formula is C20H28BrNO2. The lowest BCUT2D eigenvalue weighted by molar-refractivity contribution is 0.0555. The van der Waals surface area contributed by atoms with Gasteiger partial charge in [0.2, 0.25) is 0 Å². The van der Waals surface area contributed by atoms with Crippen LogP contribution in [0.3, 0.4) is 0 Å². The van der Waals surface area contributed by atoms with Crippen molar-refractivity contribution in [1.29, 1.82) is 0 Å². The fraction of sp³-hybridized carbons (Fsp3) is 0.650. The Morgan fingerprint density at radius 2 is 1.92 bits per heavy atom. The first-order valence-corrected chi connectivity index (χ1v) is 9.81. The maximum Gasteiger partial charge on any atom is 0.415 e. The van der Waals surface area contributed by atoms with E-state index in [1.807, 2.05) is 25.7 Å². The summed E-state index contributed by atoms with van der Waals surface area (Å²) in [6.07, 6.45) is 4.34. The highest BCUT2D eigenvalue weighted by Gasteiger charge is 2.43. The molecule has 3 nitrogen and oxygen atoms in total. The van der Waals surface area contributed by atoms with E-state index in [1.165, 1.54) is 24.0 Å². The normalized spacial score (nSPS) is 21.0. The monoisotopic (exact) mass is 393 g/mol. The van der Waals surface area contributed by atoms with Crippen LogP contribution in [0.1, 0.15) is 70.9 Å². The summed E-state index contributed by atoms with van der Waals surface area (Å²) in [5, 5.41) is 0. The number of hydrogen-bond donors (Lipinski definition) is 0. The lowest BCUT2D eigenvalue weighted by Crippen LogP contribution is -2.48. The highest BCUT2D eigenvalue weighted by Crippen LogP contribution is 2.46. The number of rotatable bonds is 2. The Labute approximate surface area is 153 Å². The summed E-state index contributed by atoms with van der Waals surface area (Å²) >= 11 is 3.64. The number of aryl methyl sites for hydroxylation is 1. The van der Waals surface area contributed by atoms with Gasteiger partial charge in [-0.25, -0.2) is 4.79 Å². The molecule has 4 heteroatoms. The molecule has 0 spiro atoms. The first-order chi connectivity index (χ1) is 11.2. The van der Waals surface area contributed by atoms with E-state index in [-0.39, 0.29) is 12.1 Å². The van der Waals surface area contributed by atoms with E-state index >= 15 is 0 Å². The predicted molar refractivity (Wildman–Crippen MR) is 102 cm³/mol. The minimum atomic E-state index is -0.476. The van der Waals surface area contributed by atoms with E-state index in [2.05, 4.69) is 41.9 Å². The molecule has 132 valence electrons. The standard InChI is InChI=1S/C20H28BrNO2/c1-12(2)16-11-15(21)10-14-8-9-17(13-6-7-13)22(18(14)16)19(23)24-20(3,4)5/h10-13,17H,6-9H2,1-5H3. The van der Waals surface area contributed by atoms with Crippen LogP contribution < -0.4 is 4.90 Å². The summed E-state index contributed by atoms with van der Waals surface area (Å²) in [7, 11) is 0. The molecule has 1 aliphatic carbocycles. The average Bonchev–Trinajstić information content (AvgIpc) is 3.27. The molecule has 1 amide bonds. The molecule has 0 bridgehead atoms. The zero-order valence-corrected chi connectivity index (χ0v) is 16.9. The molecule has 24 heavy (non-hydrogen) atoms. The molecule has 0 N–H and O–H groups in total. The molecule has 0 saturated heterocycles. The van der Waals surface area contributed by atoms with Crippen LogP contribution >= 0.6 is 15.9 Å². The van der Waals surface area contributed by atoms with Crippen LogP contribution in [-0.4, -0.2) is 17.7 Å². The van der Waals surface area contributed by atoms with E-state index in [4.69, 9.17) is 4.74 Å². The maximum atomic E-state index is 13.1. The average molecular weight is 394 g/mol. The molecule has 1 aromatic rings. The van der Waals surface area contributed by atoms with Crippen LogP contribution in [0.4, 0.5) is 10.5 Å². The van der Waals surface area contributed by atoms with Crippen molar-refractivity contribution in [2.45, 2.75) is 77.9 Å². The molecule has 0 aromatic heterocycles. The third-order valence-electron chi connectivity index (χ3n) is 4.84. The Balaban J connectivity index is 2.08. The molecule has 3 rings (SSSR count). The second-order valence-corrected chi connectivity index (χ2v) is 9.37. The van der Waals surface area contributed by atoms with Gasteiger partial charge in [-0.05, 0) is 81.5 Å². The molecule has 0 radical (unpaired) electrons. The minimum absolute atomic E-state index is 0.190. The number of halogens is 1. The van der Waals surface area contributed by atoms with Crippen LogP contribution in [0.5, 0.6) is 0 Å². The smallest absolute Gasteiger partial charge is 0.415 e. The zero-order valence-electron chi connectivity index (χ0n) is 15.4. The van der Waals surface area contributed by atoms with Gasteiger partial charge in [0.05, 0.1) is 5.69 Å². The summed E-state index contributed by atoms with van der Waals surface area (Å²) in [5.41, 5.74) is 3.12. The Kier molecular flexibility index (Phi) is 4.71. The van der Waals surface area contributed by atoms with Gasteiger partial charge in [0.15, 0.2) is 0 Å². The van der Waals surface area contributed by atoms with Crippen molar-refractivity contribution in [3.05, 3.63) is 27.7 Å². The predicted octanol–water partition coefficient (Wildman–Crippen LogP) is 6.04. The van der Waals surface area contributed by atoms with Gasteiger partial charge in [0.1, 0.15) is 5.60 Å². The highest BCUT2D eigenvalue weighted by atomic mass is 79.9. The topological polar surface area (TPSA) is 29.5 Å². The molecule has 1 atom stereocenters. The van der Waals surface area contributed by atoms with Crippen LogP contribution in [0.15, 0.2) is 16.6 Å². The van der Waals surface area contributed by atoms with Gasteiger partial charge in [0, 0.05) is 10.5 Å². The van der Waals surface area contributed by atoms with E-state index in [9.17, 15) is 4.79 Å². The van der Waals surface area contributed by atoms with E-state index in [0.29, 0.717) is 11.8 Å². The van der Waals surface area contributed by atoms with Crippen molar-refractivity contribution in [3.63, 3.8) is 0 Å². The summed E-state index contributed by atoms with van der Waals surface area (Å²) < 4.78 is 6.88. The van der Waals surface area contributed by atoms with Crippen molar-refractivity contribution in [1.82, 2.24) is 0 Å². The van der Waals surface area contributed by atoms with E-state index in [1.54, 1.807) is 0 Å². The van der Waals surface area contributed by atoms with Crippen molar-refractivity contribution < 1.29 is 9.53 Å². The molecule has 1 aromatic carbocycles. The van der Waals surface area contributed by atoms with Gasteiger partial charge in [-0.1, -0.05) is 29.8 Å². The van der Waals surface area contributed by atoms with Gasteiger partial charge < -0.3 is 4.74 Å². The third kappa shape index (κ3) is 3.63. The second-order valence-electron chi connectivity index (χ2n) is 8.45. The molecule has 2 aliphatic rings. The van der Waals surface area contributed by atoms with E-state index in [0.717, 1.165) is 23.0 Å². The van der Waals surface area contributed by atoms with Crippen molar-refractivity contribution in [2.24, 2.45) is 5.92 Å². The number of anilines is 1. The fourth-order valence-corrected chi connectivity index (χ4v) is 4.19. The quantitative estimate of drug-likeness (QED) is 0.612. The molecule has 1 unspecified atom stereocenters. The molecule has 1 saturated carbocycles. The molecular weight excluding hydrogens is 366 g/mol. The van der Waals surface area contributed by atoms with Crippen LogP contribution in [-0.2, 0) is 11.2 Å². The Bertz CT molecular complexity index is 644. The van der Waals surface area contributed by atoms with Crippen molar-refractivity contribution in [3.8, 4) is 0 Å². The molecule has 1 aliphatic heterocycles. The third-order valence-corrected chi connectivity index (χ3v) is 5.30. The minimum Gasteiger partial charge on any atom is -0.443 e. The van der Waals surface area contributed by atoms with Crippen molar-refractivity contribution in [2.75, 3.05) is 4.90 Å². The number of nitrogens with zero attached hydrogens (tertiary/aromatic N) is 1. The van der Waals surface area contributed by atoms with Crippen molar-refractivity contribution >= 4 is 27.7 Å². The van der Waals surface area contributed by atoms with Gasteiger partial charge >= 0.3 is 6.09 Å². The first-order valence-electron chi connectivity index (χ1n) is 9.02. The van der Waals surface area contributed by atoms with Crippen LogP contribution in [0, 0.1) is 5.92 Å². The number of hydrogen-bond acceptors (Lipinski definition) is 2. The summed E-state index contributed by atoms with van der Waals surface area (Å²) in [5.74, 6) is 0.994. The number of carbonyl (C=O) groups excluding carboxylic acids is 1. The Morgan fingerprint density at radius 1 is 1.25 bits per heavy atom. The number of carbonyl (C=O) groups is 1. The van der Waals surface area contributed by atoms with Gasteiger partial charge in [0.25, 0.3) is 0 Å². The largest absolute Gasteiger partial charge is 0.443 e. The summed E-state index contributed by atoms with van der Waals surface area (Å²) in [6.45, 7) is 10.2. The first kappa shape index (κ1) is 17.8. The van der Waals surface area contributed by atoms with E-state index < -0.39 is 5.60 Å². The zero-order chi connectivity index (χ0) is 17.6. The molecule has 1 heterocycles. The number of fused-ring (bicyclic) bond motifs is 1. The van der Waals surface area contributed by atoms with Gasteiger partial charge in [-0.2, -0.15) is 0 Å². The van der Waals surface area contributed by atoms with Crippen LogP contribution in [0.2, 0.25) is 0 Å². The lowest BCUT2D eigenvalue weighted by atomic mass is 9.88. The maximum absolute atomic E-state index is 13.1. The SMILES string of the molecule is CC(C)c1cc(Br)cc2c1N(C(=O)OC(C)(C)C)C(C1CC1)CC2. The Hall–Kier alpha value is -1.03. The Morgan fingerprint density at radius 3 is 2.46 bits per heavy atom. The number of amides is 1. The fourth-order valence-electron chi connectivity index (χ4n) is 3.67. The van der Waals surface area contributed by atoms with Crippen LogP contribution in [0.25, 0.3) is 0 Å².